The van der Waals surface area contributed by atoms with Crippen molar-refractivity contribution in [3.05, 3.63) is 22.5 Å². The molecule has 90 valence electrons. The molecule has 0 aliphatic rings. The summed E-state index contributed by atoms with van der Waals surface area (Å²) in [6.07, 6.45) is -7.74. The largest absolute Gasteiger partial charge is 0.495 e. The lowest BCUT2D eigenvalue weighted by atomic mass is 10.1. The molecule has 0 N–H and O–H groups in total. The summed E-state index contributed by atoms with van der Waals surface area (Å²) >= 11 is 5.41. The van der Waals surface area contributed by atoms with Crippen LogP contribution in [0.5, 0.6) is 5.75 Å². The number of nitrogens with zero attached hydrogens (tertiary/aromatic N) is 1. The number of hydrogen-bond acceptors (Lipinski definition) is 2. The van der Waals surface area contributed by atoms with Crippen molar-refractivity contribution < 1.29 is 26.7 Å². The maximum atomic E-state index is 12.5. The molecule has 0 fully saturated rings. The summed E-state index contributed by atoms with van der Waals surface area (Å²) in [5, 5.41) is -0.397. The molecule has 8 heteroatoms. The Morgan fingerprint density at radius 1 is 1.38 bits per heavy atom. The molecule has 16 heavy (non-hydrogen) atoms. The normalized spacial score (nSPS) is 12.0. The Labute approximate surface area is 92.0 Å². The highest BCUT2D eigenvalue weighted by Crippen LogP contribution is 2.42. The SMILES string of the molecule is COc1c(Cl)cnc(C(F)(F)F)c1C(F)F. The van der Waals surface area contributed by atoms with Crippen molar-refractivity contribution in [1.82, 2.24) is 4.98 Å². The van der Waals surface area contributed by atoms with Crippen LogP contribution in [0.3, 0.4) is 0 Å². The molecule has 0 aliphatic carbocycles. The molecule has 1 aromatic heterocycles. The maximum absolute atomic E-state index is 12.5. The van der Waals surface area contributed by atoms with Crippen LogP contribution in [0.15, 0.2) is 6.20 Å². The van der Waals surface area contributed by atoms with Crippen LogP contribution < -0.4 is 4.74 Å². The summed E-state index contributed by atoms with van der Waals surface area (Å²) in [7, 11) is 0.952. The molecule has 1 heterocycles. The smallest absolute Gasteiger partial charge is 0.433 e. The minimum absolute atomic E-state index is 0.397. The standard InChI is InChI=1S/C8H5ClF5NO/c1-16-5-3(9)2-15-6(8(12,13)14)4(5)7(10)11/h2,7H,1H3. The first-order valence-corrected chi connectivity index (χ1v) is 4.24. The van der Waals surface area contributed by atoms with Gasteiger partial charge in [0.2, 0.25) is 0 Å². The molecular weight excluding hydrogens is 257 g/mol. The molecule has 0 spiro atoms. The highest BCUT2D eigenvalue weighted by atomic mass is 35.5. The van der Waals surface area contributed by atoms with Gasteiger partial charge in [0.25, 0.3) is 6.43 Å². The van der Waals surface area contributed by atoms with Gasteiger partial charge in [-0.2, -0.15) is 13.2 Å². The molecule has 0 amide bonds. The topological polar surface area (TPSA) is 22.1 Å². The average molecular weight is 262 g/mol. The Kier molecular flexibility index (Phi) is 3.57. The number of pyridine rings is 1. The van der Waals surface area contributed by atoms with Gasteiger partial charge in [0.1, 0.15) is 10.8 Å². The van der Waals surface area contributed by atoms with Gasteiger partial charge in [0, 0.05) is 6.20 Å². The number of ether oxygens (including phenoxy) is 1. The highest BCUT2D eigenvalue weighted by Gasteiger charge is 2.40. The molecular formula is C8H5ClF5NO. The molecule has 0 bridgehead atoms. The summed E-state index contributed by atoms with van der Waals surface area (Å²) in [5.41, 5.74) is -3.04. The Morgan fingerprint density at radius 2 is 1.94 bits per heavy atom. The van der Waals surface area contributed by atoms with Crippen molar-refractivity contribution in [2.45, 2.75) is 12.6 Å². The third kappa shape index (κ3) is 2.34. The van der Waals surface area contributed by atoms with E-state index >= 15 is 0 Å². The number of alkyl halides is 5. The predicted octanol–water partition coefficient (Wildman–Crippen LogP) is 3.70. The number of halogens is 6. The summed E-state index contributed by atoms with van der Waals surface area (Å²) in [5.74, 6) is -0.709. The Balaban J connectivity index is 3.52. The van der Waals surface area contributed by atoms with Crippen LogP contribution in [0.25, 0.3) is 0 Å². The van der Waals surface area contributed by atoms with Gasteiger partial charge in [0.15, 0.2) is 5.69 Å². The van der Waals surface area contributed by atoms with E-state index in [1.807, 2.05) is 0 Å². The Bertz CT molecular complexity index is 393. The average Bonchev–Trinajstić information content (AvgIpc) is 2.14. The first-order valence-electron chi connectivity index (χ1n) is 3.86. The van der Waals surface area contributed by atoms with Crippen molar-refractivity contribution in [2.24, 2.45) is 0 Å². The van der Waals surface area contributed by atoms with Crippen LogP contribution in [0.1, 0.15) is 17.7 Å². The van der Waals surface area contributed by atoms with E-state index in [0.717, 1.165) is 7.11 Å². The second-order valence-electron chi connectivity index (χ2n) is 2.70. The van der Waals surface area contributed by atoms with Crippen molar-refractivity contribution in [2.75, 3.05) is 7.11 Å². The lowest BCUT2D eigenvalue weighted by Crippen LogP contribution is -2.13. The predicted molar refractivity (Wildman–Crippen MR) is 45.8 cm³/mol. The quantitative estimate of drug-likeness (QED) is 0.757. The Morgan fingerprint density at radius 3 is 2.31 bits per heavy atom. The maximum Gasteiger partial charge on any atom is 0.433 e. The van der Waals surface area contributed by atoms with Crippen LogP contribution in [0, 0.1) is 0 Å². The number of hydrogen-bond donors (Lipinski definition) is 0. The molecule has 0 atom stereocenters. The number of rotatable bonds is 2. The molecule has 2 nitrogen and oxygen atoms in total. The molecule has 1 aromatic rings. The fourth-order valence-electron chi connectivity index (χ4n) is 1.12. The lowest BCUT2D eigenvalue weighted by Gasteiger charge is -2.15. The van der Waals surface area contributed by atoms with Crippen LogP contribution in [0.4, 0.5) is 22.0 Å². The molecule has 0 saturated heterocycles. The lowest BCUT2D eigenvalue weighted by molar-refractivity contribution is -0.143. The van der Waals surface area contributed by atoms with Crippen molar-refractivity contribution in [3.63, 3.8) is 0 Å². The van der Waals surface area contributed by atoms with E-state index < -0.39 is 34.6 Å². The zero-order chi connectivity index (χ0) is 12.5. The van der Waals surface area contributed by atoms with E-state index in [9.17, 15) is 22.0 Å². The van der Waals surface area contributed by atoms with E-state index in [1.165, 1.54) is 0 Å². The van der Waals surface area contributed by atoms with Crippen molar-refractivity contribution in [3.8, 4) is 5.75 Å². The van der Waals surface area contributed by atoms with Crippen molar-refractivity contribution >= 4 is 11.6 Å². The van der Waals surface area contributed by atoms with Gasteiger partial charge in [-0.3, -0.25) is 0 Å². The third-order valence-corrected chi connectivity index (χ3v) is 1.98. The highest BCUT2D eigenvalue weighted by molar-refractivity contribution is 6.32. The number of methoxy groups -OCH3 is 1. The van der Waals surface area contributed by atoms with E-state index in [2.05, 4.69) is 9.72 Å². The molecule has 1 rings (SSSR count). The monoisotopic (exact) mass is 261 g/mol. The van der Waals surface area contributed by atoms with Gasteiger partial charge in [-0.15, -0.1) is 0 Å². The summed E-state index contributed by atoms with van der Waals surface area (Å²) in [6.45, 7) is 0. The minimum atomic E-state index is -4.98. The van der Waals surface area contributed by atoms with Crippen LogP contribution in [0.2, 0.25) is 5.02 Å². The van der Waals surface area contributed by atoms with Gasteiger partial charge >= 0.3 is 6.18 Å². The fraction of sp³-hybridized carbons (Fsp3) is 0.375. The second kappa shape index (κ2) is 4.40. The minimum Gasteiger partial charge on any atom is -0.495 e. The third-order valence-electron chi connectivity index (χ3n) is 1.71. The van der Waals surface area contributed by atoms with Gasteiger partial charge in [0.05, 0.1) is 12.7 Å². The summed E-state index contributed by atoms with van der Waals surface area (Å²) in [6, 6.07) is 0. The van der Waals surface area contributed by atoms with Gasteiger partial charge in [-0.05, 0) is 0 Å². The van der Waals surface area contributed by atoms with Crippen LogP contribution in [-0.2, 0) is 6.18 Å². The molecule has 0 aliphatic heterocycles. The van der Waals surface area contributed by atoms with Crippen LogP contribution in [-0.4, -0.2) is 12.1 Å². The Hall–Kier alpha value is -1.11. The van der Waals surface area contributed by atoms with E-state index in [0.29, 0.717) is 6.20 Å². The van der Waals surface area contributed by atoms with Crippen LogP contribution >= 0.6 is 11.6 Å². The van der Waals surface area contributed by atoms with E-state index in [1.54, 1.807) is 0 Å². The van der Waals surface area contributed by atoms with E-state index in [-0.39, 0.29) is 0 Å². The van der Waals surface area contributed by atoms with Crippen molar-refractivity contribution in [1.29, 1.82) is 0 Å². The first-order chi connectivity index (χ1) is 7.29. The molecule has 0 radical (unpaired) electrons. The van der Waals surface area contributed by atoms with Gasteiger partial charge < -0.3 is 4.74 Å². The number of aromatic nitrogens is 1. The summed E-state index contributed by atoms with van der Waals surface area (Å²) < 4.78 is 66.5. The second-order valence-corrected chi connectivity index (χ2v) is 3.11. The summed E-state index contributed by atoms with van der Waals surface area (Å²) in [4.78, 5) is 2.86. The zero-order valence-corrected chi connectivity index (χ0v) is 8.53. The fourth-order valence-corrected chi connectivity index (χ4v) is 1.35. The first kappa shape index (κ1) is 13.0. The van der Waals surface area contributed by atoms with Gasteiger partial charge in [-0.1, -0.05) is 11.6 Å². The molecule has 0 aromatic carbocycles. The molecule has 0 unspecified atom stereocenters. The van der Waals surface area contributed by atoms with Gasteiger partial charge in [-0.25, -0.2) is 13.8 Å². The molecule has 0 saturated carbocycles. The van der Waals surface area contributed by atoms with E-state index in [4.69, 9.17) is 11.6 Å². The zero-order valence-electron chi connectivity index (χ0n) is 7.78.